The number of nitrogens with zero attached hydrogens (tertiary/aromatic N) is 4. The lowest BCUT2D eigenvalue weighted by Gasteiger charge is -2.54. The average Bonchev–Trinajstić information content (AvgIpc) is 2.86. The van der Waals surface area contributed by atoms with Crippen molar-refractivity contribution in [1.82, 2.24) is 14.9 Å². The summed E-state index contributed by atoms with van der Waals surface area (Å²) in [6.07, 6.45) is 2.44. The zero-order valence-corrected chi connectivity index (χ0v) is 19.3. The minimum Gasteiger partial charge on any atom is -0.350 e. The number of benzene rings is 3. The van der Waals surface area contributed by atoms with Gasteiger partial charge >= 0.3 is 0 Å². The summed E-state index contributed by atoms with van der Waals surface area (Å²) in [6.45, 7) is 3.57. The summed E-state index contributed by atoms with van der Waals surface area (Å²) in [5.74, 6) is -0.0503. The molecule has 2 fully saturated rings. The first kappa shape index (κ1) is 21.6. The number of likely N-dealkylation sites (tertiary alicyclic amines) is 1. The van der Waals surface area contributed by atoms with Crippen LogP contribution in [0.3, 0.4) is 0 Å². The van der Waals surface area contributed by atoms with Gasteiger partial charge in [-0.25, -0.2) is 18.7 Å². The molecule has 5 nitrogen and oxygen atoms in total. The van der Waals surface area contributed by atoms with E-state index in [1.807, 2.05) is 36.4 Å². The first-order chi connectivity index (χ1) is 17.0. The number of rotatable bonds is 3. The zero-order valence-electron chi connectivity index (χ0n) is 19.3. The molecule has 2 aliphatic heterocycles. The fourth-order valence-electron chi connectivity index (χ4n) is 5.28. The highest BCUT2D eigenvalue weighted by atomic mass is 19.1. The first-order valence-corrected chi connectivity index (χ1v) is 11.8. The number of halogens is 2. The van der Waals surface area contributed by atoms with Gasteiger partial charge in [-0.1, -0.05) is 48.5 Å². The van der Waals surface area contributed by atoms with Crippen LogP contribution in [0.1, 0.15) is 22.3 Å². The van der Waals surface area contributed by atoms with Crippen molar-refractivity contribution < 1.29 is 13.6 Å². The summed E-state index contributed by atoms with van der Waals surface area (Å²) in [5, 5.41) is 0. The van der Waals surface area contributed by atoms with E-state index in [-0.39, 0.29) is 23.0 Å². The second kappa shape index (κ2) is 8.41. The molecule has 0 aliphatic carbocycles. The number of carbonyl (C=O) groups excluding carboxylic acids is 1. The lowest BCUT2D eigenvalue weighted by molar-refractivity contribution is 0.0587. The number of anilines is 1. The van der Waals surface area contributed by atoms with Crippen molar-refractivity contribution in [1.29, 1.82) is 0 Å². The monoisotopic (exact) mass is 470 g/mol. The van der Waals surface area contributed by atoms with E-state index in [4.69, 9.17) is 0 Å². The summed E-state index contributed by atoms with van der Waals surface area (Å²) >= 11 is 0. The second-order valence-corrected chi connectivity index (χ2v) is 9.34. The number of piperidine rings is 1. The Kier molecular flexibility index (Phi) is 5.20. The Hall–Kier alpha value is -3.87. The highest BCUT2D eigenvalue weighted by Gasteiger charge is 2.45. The molecule has 0 saturated carbocycles. The summed E-state index contributed by atoms with van der Waals surface area (Å²) < 4.78 is 29.4. The Labute approximate surface area is 202 Å². The smallest absolute Gasteiger partial charge is 0.257 e. The standard InChI is InChI=1S/C28H24F2N4O/c1-17-10-11-20(18-6-3-2-4-7-18)25(26(17)30)28(35)33-13-12-19-15-34(23(19)16-33)24-14-31-27-21(29)8-5-9-22(27)32-24/h2-11,14,19,23H,12-13,15-16H2,1H3/t19?,23-/m0/s1. The molecule has 0 radical (unpaired) electrons. The van der Waals surface area contributed by atoms with Gasteiger partial charge in [0.05, 0.1) is 23.3 Å². The molecular formula is C28H24F2N4O. The first-order valence-electron chi connectivity index (χ1n) is 11.8. The van der Waals surface area contributed by atoms with Crippen LogP contribution in [0.5, 0.6) is 0 Å². The quantitative estimate of drug-likeness (QED) is 0.411. The number of carbonyl (C=O) groups is 1. The normalized spacial score (nSPS) is 19.4. The van der Waals surface area contributed by atoms with E-state index in [9.17, 15) is 9.18 Å². The number of amides is 1. The Morgan fingerprint density at radius 3 is 2.66 bits per heavy atom. The molecule has 4 aromatic rings. The lowest BCUT2D eigenvalue weighted by Crippen LogP contribution is -2.65. The lowest BCUT2D eigenvalue weighted by atomic mass is 9.82. The van der Waals surface area contributed by atoms with Crippen LogP contribution in [0.2, 0.25) is 0 Å². The van der Waals surface area contributed by atoms with Gasteiger partial charge in [0.1, 0.15) is 17.2 Å². The van der Waals surface area contributed by atoms with Gasteiger partial charge in [0, 0.05) is 25.6 Å². The van der Waals surface area contributed by atoms with Crippen LogP contribution in [-0.4, -0.2) is 46.5 Å². The van der Waals surface area contributed by atoms with E-state index in [1.54, 1.807) is 36.2 Å². The Morgan fingerprint density at radius 2 is 1.83 bits per heavy atom. The van der Waals surface area contributed by atoms with E-state index >= 15 is 4.39 Å². The van der Waals surface area contributed by atoms with Crippen molar-refractivity contribution >= 4 is 22.8 Å². The number of aryl methyl sites for hydroxylation is 1. The van der Waals surface area contributed by atoms with Crippen LogP contribution < -0.4 is 4.90 Å². The number of aromatic nitrogens is 2. The van der Waals surface area contributed by atoms with Gasteiger partial charge in [-0.2, -0.15) is 0 Å². The summed E-state index contributed by atoms with van der Waals surface area (Å²) in [5.41, 5.74) is 2.75. The van der Waals surface area contributed by atoms with E-state index in [0.29, 0.717) is 41.5 Å². The van der Waals surface area contributed by atoms with Crippen LogP contribution in [0, 0.1) is 24.5 Å². The molecule has 2 aliphatic rings. The Bertz CT molecular complexity index is 1440. The van der Waals surface area contributed by atoms with Crippen LogP contribution in [-0.2, 0) is 0 Å². The molecule has 6 rings (SSSR count). The van der Waals surface area contributed by atoms with Crippen LogP contribution >= 0.6 is 0 Å². The molecule has 0 spiro atoms. The molecule has 176 valence electrons. The maximum absolute atomic E-state index is 15.4. The van der Waals surface area contributed by atoms with Gasteiger partial charge in [-0.05, 0) is 42.2 Å². The molecule has 35 heavy (non-hydrogen) atoms. The maximum Gasteiger partial charge on any atom is 0.257 e. The zero-order chi connectivity index (χ0) is 24.1. The molecule has 0 N–H and O–H groups in total. The predicted molar refractivity (Wildman–Crippen MR) is 131 cm³/mol. The number of hydrogen-bond acceptors (Lipinski definition) is 4. The molecule has 1 unspecified atom stereocenters. The second-order valence-electron chi connectivity index (χ2n) is 9.34. The van der Waals surface area contributed by atoms with Crippen molar-refractivity contribution in [2.75, 3.05) is 24.5 Å². The molecule has 2 saturated heterocycles. The van der Waals surface area contributed by atoms with Crippen molar-refractivity contribution in [3.8, 4) is 11.1 Å². The third kappa shape index (κ3) is 3.62. The molecule has 3 heterocycles. The van der Waals surface area contributed by atoms with Gasteiger partial charge in [-0.15, -0.1) is 0 Å². The van der Waals surface area contributed by atoms with Crippen molar-refractivity contribution in [3.63, 3.8) is 0 Å². The van der Waals surface area contributed by atoms with Gasteiger partial charge in [0.25, 0.3) is 5.91 Å². The van der Waals surface area contributed by atoms with Crippen LogP contribution in [0.15, 0.2) is 66.9 Å². The van der Waals surface area contributed by atoms with Gasteiger partial charge in [-0.3, -0.25) is 4.79 Å². The fourth-order valence-corrected chi connectivity index (χ4v) is 5.28. The van der Waals surface area contributed by atoms with Gasteiger partial charge in [0.2, 0.25) is 0 Å². The summed E-state index contributed by atoms with van der Waals surface area (Å²) in [6, 6.07) is 17.8. The highest BCUT2D eigenvalue weighted by molar-refractivity contribution is 6.01. The highest BCUT2D eigenvalue weighted by Crippen LogP contribution is 2.37. The predicted octanol–water partition coefficient (Wildman–Crippen LogP) is 5.23. The van der Waals surface area contributed by atoms with Crippen LogP contribution in [0.4, 0.5) is 14.6 Å². The van der Waals surface area contributed by atoms with Crippen molar-refractivity contribution in [2.45, 2.75) is 19.4 Å². The van der Waals surface area contributed by atoms with E-state index < -0.39 is 11.6 Å². The topological polar surface area (TPSA) is 49.3 Å². The summed E-state index contributed by atoms with van der Waals surface area (Å²) in [4.78, 5) is 26.5. The van der Waals surface area contributed by atoms with Gasteiger partial charge < -0.3 is 9.80 Å². The maximum atomic E-state index is 15.4. The third-order valence-corrected chi connectivity index (χ3v) is 7.28. The molecule has 7 heteroatoms. The minimum absolute atomic E-state index is 0.0704. The van der Waals surface area contributed by atoms with Gasteiger partial charge in [0.15, 0.2) is 5.82 Å². The molecule has 0 bridgehead atoms. The minimum atomic E-state index is -0.466. The Morgan fingerprint density at radius 1 is 1.00 bits per heavy atom. The molecule has 2 atom stereocenters. The average molecular weight is 471 g/mol. The fraction of sp³-hybridized carbons (Fsp3) is 0.250. The van der Waals surface area contributed by atoms with E-state index in [2.05, 4.69) is 14.9 Å². The van der Waals surface area contributed by atoms with Crippen molar-refractivity contribution in [2.24, 2.45) is 5.92 Å². The van der Waals surface area contributed by atoms with Crippen molar-refractivity contribution in [3.05, 3.63) is 89.6 Å². The van der Waals surface area contributed by atoms with E-state index in [0.717, 1.165) is 18.5 Å². The molecule has 1 amide bonds. The third-order valence-electron chi connectivity index (χ3n) is 7.28. The number of hydrogen-bond donors (Lipinski definition) is 0. The Balaban J connectivity index is 1.29. The van der Waals surface area contributed by atoms with E-state index in [1.165, 1.54) is 6.07 Å². The molecule has 1 aromatic heterocycles. The SMILES string of the molecule is Cc1ccc(-c2ccccc2)c(C(=O)N2CCC3CN(c4cnc5c(F)cccc5n4)[C@H]3C2)c1F. The number of para-hydroxylation sites is 1. The molecule has 3 aromatic carbocycles. The largest absolute Gasteiger partial charge is 0.350 e. The summed E-state index contributed by atoms with van der Waals surface area (Å²) in [7, 11) is 0. The van der Waals surface area contributed by atoms with Crippen LogP contribution in [0.25, 0.3) is 22.2 Å². The number of fused-ring (bicyclic) bond motifs is 2. The molecular weight excluding hydrogens is 446 g/mol.